The van der Waals surface area contributed by atoms with Crippen LogP contribution in [0.1, 0.15) is 81.1 Å². The van der Waals surface area contributed by atoms with Crippen LogP contribution in [0.25, 0.3) is 0 Å². The predicted molar refractivity (Wildman–Crippen MR) is 118 cm³/mol. The molecule has 0 aromatic heterocycles. The molecule has 2 rings (SSSR count). The number of rotatable bonds is 3. The van der Waals surface area contributed by atoms with E-state index in [0.29, 0.717) is 0 Å². The molecule has 0 spiro atoms. The minimum atomic E-state index is -0.289. The second-order valence-corrected chi connectivity index (χ2v) is 13.0. The first kappa shape index (κ1) is 27.5. The number of hydrogen-bond donors (Lipinski definition) is 2. The third kappa shape index (κ3) is 7.50. The van der Waals surface area contributed by atoms with E-state index >= 15 is 0 Å². The van der Waals surface area contributed by atoms with Gasteiger partial charge in [-0.2, -0.15) is 10.1 Å². The van der Waals surface area contributed by atoms with Gasteiger partial charge < -0.3 is 10.4 Å². The van der Waals surface area contributed by atoms with Gasteiger partial charge in [0.15, 0.2) is 0 Å². The zero-order valence-corrected chi connectivity index (χ0v) is 22.0. The molecule has 0 unspecified atom stereocenters. The van der Waals surface area contributed by atoms with Crippen molar-refractivity contribution >= 4 is 31.5 Å². The van der Waals surface area contributed by atoms with Crippen molar-refractivity contribution in [1.29, 1.82) is 0 Å². The molecule has 0 amide bonds. The number of hydrogen-bond acceptors (Lipinski definition) is 6. The second kappa shape index (κ2) is 10.4. The van der Waals surface area contributed by atoms with Crippen LogP contribution in [0, 0.1) is 0 Å². The van der Waals surface area contributed by atoms with Gasteiger partial charge in [-0.25, -0.2) is 0 Å². The fraction of sp³-hybridized carbons (Fsp3) is 0.900. The molecule has 2 heterocycles. The zero-order valence-electron chi connectivity index (χ0n) is 18.9. The van der Waals surface area contributed by atoms with Crippen LogP contribution in [0.15, 0.2) is 9.98 Å². The van der Waals surface area contributed by atoms with E-state index in [1.54, 1.807) is 0 Å². The number of aliphatic imine (C=N–C) groups is 2. The van der Waals surface area contributed by atoms with Gasteiger partial charge in [0.2, 0.25) is 0 Å². The van der Waals surface area contributed by atoms with Crippen molar-refractivity contribution in [2.24, 2.45) is 9.98 Å². The Morgan fingerprint density at radius 1 is 0.690 bits per heavy atom. The third-order valence-electron chi connectivity index (χ3n) is 5.89. The SMILES string of the molecule is CC1(C)CC(N=CC=NC2CC(C)(C)N(O)C(C)(C)C2)CC(C)(C)N1O.[Cl][Pd][Cl]. The summed E-state index contributed by atoms with van der Waals surface area (Å²) in [5, 5.41) is 23.7. The predicted octanol–water partition coefficient (Wildman–Crippen LogP) is 5.33. The van der Waals surface area contributed by atoms with Crippen LogP contribution in [0.4, 0.5) is 0 Å². The fourth-order valence-electron chi connectivity index (χ4n) is 4.97. The summed E-state index contributed by atoms with van der Waals surface area (Å²) in [6.45, 7) is 16.4. The van der Waals surface area contributed by atoms with Crippen LogP contribution in [-0.2, 0) is 15.9 Å². The van der Waals surface area contributed by atoms with Crippen molar-refractivity contribution in [3.63, 3.8) is 0 Å². The minimum absolute atomic E-state index is 0.106. The molecular weight excluding hydrogens is 506 g/mol. The molecule has 0 atom stereocenters. The maximum absolute atomic E-state index is 10.4. The summed E-state index contributed by atoms with van der Waals surface area (Å²) in [6.07, 6.45) is 6.91. The summed E-state index contributed by atoms with van der Waals surface area (Å²) >= 11 is -0.106. The first-order valence-corrected chi connectivity index (χ1v) is 14.0. The van der Waals surface area contributed by atoms with Gasteiger partial charge in [0.1, 0.15) is 0 Å². The Morgan fingerprint density at radius 2 is 0.897 bits per heavy atom. The summed E-state index contributed by atoms with van der Waals surface area (Å²) in [6, 6.07) is 0.365. The molecule has 2 N–H and O–H groups in total. The van der Waals surface area contributed by atoms with Gasteiger partial charge in [0, 0.05) is 34.6 Å². The average Bonchev–Trinajstić information content (AvgIpc) is 2.54. The molecular formula is C20H38Cl2N4O2Pd. The van der Waals surface area contributed by atoms with Gasteiger partial charge in [-0.05, 0) is 81.1 Å². The van der Waals surface area contributed by atoms with Gasteiger partial charge in [0.05, 0.1) is 12.1 Å². The van der Waals surface area contributed by atoms with Gasteiger partial charge >= 0.3 is 35.0 Å². The molecule has 2 fully saturated rings. The van der Waals surface area contributed by atoms with E-state index in [0.717, 1.165) is 25.7 Å². The zero-order chi connectivity index (χ0) is 22.7. The average molecular weight is 544 g/mol. The van der Waals surface area contributed by atoms with E-state index in [-0.39, 0.29) is 50.2 Å². The van der Waals surface area contributed by atoms with Crippen molar-refractivity contribution < 1.29 is 26.4 Å². The Kier molecular flexibility index (Phi) is 9.81. The van der Waals surface area contributed by atoms with Crippen LogP contribution < -0.4 is 0 Å². The summed E-state index contributed by atoms with van der Waals surface area (Å²) in [5.74, 6) is 0. The van der Waals surface area contributed by atoms with Gasteiger partial charge in [-0.15, -0.1) is 0 Å². The normalized spacial score (nSPS) is 28.0. The molecule has 2 saturated heterocycles. The fourth-order valence-corrected chi connectivity index (χ4v) is 4.97. The number of nitrogens with zero attached hydrogens (tertiary/aromatic N) is 4. The molecule has 0 bridgehead atoms. The van der Waals surface area contributed by atoms with Crippen molar-refractivity contribution in [2.45, 2.75) is 115 Å². The number of halogens is 2. The first-order chi connectivity index (χ1) is 13.1. The van der Waals surface area contributed by atoms with Gasteiger partial charge in [0.25, 0.3) is 0 Å². The van der Waals surface area contributed by atoms with Crippen molar-refractivity contribution in [3.8, 4) is 0 Å². The van der Waals surface area contributed by atoms with Crippen molar-refractivity contribution in [1.82, 2.24) is 10.1 Å². The second-order valence-electron chi connectivity index (χ2n) is 10.6. The summed E-state index contributed by atoms with van der Waals surface area (Å²) in [4.78, 5) is 9.42. The van der Waals surface area contributed by atoms with E-state index in [1.807, 2.05) is 12.4 Å². The van der Waals surface area contributed by atoms with Crippen molar-refractivity contribution in [3.05, 3.63) is 0 Å². The third-order valence-corrected chi connectivity index (χ3v) is 5.89. The summed E-state index contributed by atoms with van der Waals surface area (Å²) < 4.78 is 0. The first-order valence-electron chi connectivity index (χ1n) is 9.95. The molecule has 2 aliphatic rings. The molecule has 0 aliphatic carbocycles. The molecule has 2 aliphatic heterocycles. The molecule has 29 heavy (non-hydrogen) atoms. The molecule has 0 radical (unpaired) electrons. The summed E-state index contributed by atoms with van der Waals surface area (Å²) in [5.41, 5.74) is -1.16. The van der Waals surface area contributed by atoms with Crippen LogP contribution in [-0.4, -0.2) is 67.2 Å². The molecule has 9 heteroatoms. The maximum atomic E-state index is 10.4. The van der Waals surface area contributed by atoms with Gasteiger partial charge in [-0.3, -0.25) is 9.98 Å². The van der Waals surface area contributed by atoms with E-state index < -0.39 is 0 Å². The molecule has 174 valence electrons. The number of piperidine rings is 2. The Labute approximate surface area is 192 Å². The Hall–Kier alpha value is 0.422. The van der Waals surface area contributed by atoms with Crippen LogP contribution in [0.3, 0.4) is 0 Å². The van der Waals surface area contributed by atoms with E-state index in [1.165, 1.54) is 10.1 Å². The molecule has 6 nitrogen and oxygen atoms in total. The van der Waals surface area contributed by atoms with E-state index in [9.17, 15) is 10.4 Å². The van der Waals surface area contributed by atoms with Crippen molar-refractivity contribution in [2.75, 3.05) is 0 Å². The molecule has 0 saturated carbocycles. The quantitative estimate of drug-likeness (QED) is 0.373. The summed E-state index contributed by atoms with van der Waals surface area (Å²) in [7, 11) is 9.63. The van der Waals surface area contributed by atoms with Crippen LogP contribution >= 0.6 is 19.1 Å². The Bertz CT molecular complexity index is 511. The number of hydroxylamine groups is 4. The Morgan fingerprint density at radius 3 is 1.10 bits per heavy atom. The topological polar surface area (TPSA) is 71.7 Å². The Balaban J connectivity index is 0.00000132. The van der Waals surface area contributed by atoms with E-state index in [4.69, 9.17) is 29.0 Å². The van der Waals surface area contributed by atoms with Crippen LogP contribution in [0.2, 0.25) is 0 Å². The molecule has 0 aromatic rings. The van der Waals surface area contributed by atoms with Gasteiger partial charge in [-0.1, -0.05) is 0 Å². The van der Waals surface area contributed by atoms with Crippen LogP contribution in [0.5, 0.6) is 0 Å². The van der Waals surface area contributed by atoms with E-state index in [2.05, 4.69) is 55.4 Å². The standard InChI is InChI=1S/C20H38N4O2.2ClH.Pd/c1-17(2)11-15(12-18(3,4)23(17)25)21-9-10-22-16-13-19(5,6)24(26)20(7,8)14-16;;;/h9-10,15-16,25-26H,11-14H2,1-8H3;2*1H;/q;;;+2/p-2. The monoisotopic (exact) mass is 542 g/mol. The molecule has 0 aromatic carbocycles.